The van der Waals surface area contributed by atoms with E-state index in [2.05, 4.69) is 27.4 Å². The summed E-state index contributed by atoms with van der Waals surface area (Å²) < 4.78 is 5.66. The van der Waals surface area contributed by atoms with Gasteiger partial charge in [0.1, 0.15) is 12.4 Å². The van der Waals surface area contributed by atoms with Crippen LogP contribution in [0.25, 0.3) is 0 Å². The lowest BCUT2D eigenvalue weighted by Gasteiger charge is -2.30. The predicted octanol–water partition coefficient (Wildman–Crippen LogP) is 2.58. The Hall–Kier alpha value is -1.02. The number of hydrogen-bond acceptors (Lipinski definition) is 3. The molecule has 0 spiro atoms. The fourth-order valence-corrected chi connectivity index (χ4v) is 2.69. The Balaban J connectivity index is 0.00000288. The molecule has 1 aliphatic rings. The number of likely N-dealkylation sites (tertiary alicyclic amines) is 1. The highest BCUT2D eigenvalue weighted by molar-refractivity contribution is 14.0. The number of para-hydroxylation sites is 1. The van der Waals surface area contributed by atoms with E-state index in [1.807, 2.05) is 30.3 Å². The Labute approximate surface area is 163 Å². The van der Waals surface area contributed by atoms with E-state index in [9.17, 15) is 0 Å². The van der Waals surface area contributed by atoms with Crippen LogP contribution in [0.2, 0.25) is 0 Å². The van der Waals surface area contributed by atoms with Crippen LogP contribution in [0.5, 0.6) is 5.75 Å². The standard InChI is InChI=1S/C18H30N4O.HI/c1-16-8-12-22(13-9-16)14-10-20-18(19-2)21-11-15-23-17-6-4-3-5-7-17;/h3-7,16H,8-15H2,1-2H3,(H2,19,20,21);1H. The molecule has 1 aliphatic heterocycles. The highest BCUT2D eigenvalue weighted by Crippen LogP contribution is 2.15. The molecule has 2 rings (SSSR count). The van der Waals surface area contributed by atoms with Crippen molar-refractivity contribution in [2.24, 2.45) is 10.9 Å². The second kappa shape index (κ2) is 12.4. The summed E-state index contributed by atoms with van der Waals surface area (Å²) in [5.74, 6) is 2.63. The number of nitrogens with zero attached hydrogens (tertiary/aromatic N) is 2. The van der Waals surface area contributed by atoms with Crippen molar-refractivity contribution in [1.29, 1.82) is 0 Å². The number of halogens is 1. The topological polar surface area (TPSA) is 48.9 Å². The lowest BCUT2D eigenvalue weighted by molar-refractivity contribution is 0.195. The predicted molar refractivity (Wildman–Crippen MR) is 112 cm³/mol. The number of nitrogens with one attached hydrogen (secondary N) is 2. The van der Waals surface area contributed by atoms with E-state index < -0.39 is 0 Å². The third kappa shape index (κ3) is 8.19. The van der Waals surface area contributed by atoms with Gasteiger partial charge in [-0.05, 0) is 44.0 Å². The van der Waals surface area contributed by atoms with E-state index in [4.69, 9.17) is 4.74 Å². The first kappa shape index (κ1) is 21.0. The molecule has 0 aromatic heterocycles. The summed E-state index contributed by atoms with van der Waals surface area (Å²) in [5.41, 5.74) is 0. The second-order valence-electron chi connectivity index (χ2n) is 6.11. The van der Waals surface area contributed by atoms with Gasteiger partial charge in [-0.2, -0.15) is 0 Å². The molecule has 6 heteroatoms. The molecule has 0 atom stereocenters. The Kier molecular flexibility index (Phi) is 10.8. The molecular weight excluding hydrogens is 415 g/mol. The van der Waals surface area contributed by atoms with Crippen molar-refractivity contribution in [2.75, 3.05) is 46.4 Å². The summed E-state index contributed by atoms with van der Waals surface area (Å²) in [6, 6.07) is 9.87. The molecule has 0 aliphatic carbocycles. The van der Waals surface area contributed by atoms with Crippen molar-refractivity contribution >= 4 is 29.9 Å². The van der Waals surface area contributed by atoms with Gasteiger partial charge in [0, 0.05) is 20.1 Å². The van der Waals surface area contributed by atoms with Crippen LogP contribution in [0.3, 0.4) is 0 Å². The van der Waals surface area contributed by atoms with Crippen molar-refractivity contribution in [1.82, 2.24) is 15.5 Å². The van der Waals surface area contributed by atoms with E-state index in [1.54, 1.807) is 7.05 Å². The summed E-state index contributed by atoms with van der Waals surface area (Å²) in [6.45, 7) is 8.14. The van der Waals surface area contributed by atoms with Crippen molar-refractivity contribution < 1.29 is 4.74 Å². The largest absolute Gasteiger partial charge is 0.492 e. The molecule has 0 bridgehead atoms. The Bertz CT molecular complexity index is 461. The van der Waals surface area contributed by atoms with Crippen molar-refractivity contribution in [3.05, 3.63) is 30.3 Å². The highest BCUT2D eigenvalue weighted by Gasteiger charge is 2.14. The molecule has 5 nitrogen and oxygen atoms in total. The molecule has 0 radical (unpaired) electrons. The van der Waals surface area contributed by atoms with E-state index in [1.165, 1.54) is 25.9 Å². The zero-order valence-electron chi connectivity index (χ0n) is 14.8. The minimum atomic E-state index is 0. The first-order valence-corrected chi connectivity index (χ1v) is 8.62. The average Bonchev–Trinajstić information content (AvgIpc) is 2.59. The number of hydrogen-bond donors (Lipinski definition) is 2. The van der Waals surface area contributed by atoms with Gasteiger partial charge in [0.2, 0.25) is 0 Å². The number of benzene rings is 1. The summed E-state index contributed by atoms with van der Waals surface area (Å²) in [6.07, 6.45) is 2.65. The van der Waals surface area contributed by atoms with Crippen LogP contribution in [-0.2, 0) is 0 Å². The van der Waals surface area contributed by atoms with Crippen molar-refractivity contribution in [3.8, 4) is 5.75 Å². The normalized spacial score (nSPS) is 16.3. The highest BCUT2D eigenvalue weighted by atomic mass is 127. The van der Waals surface area contributed by atoms with Crippen LogP contribution in [0.1, 0.15) is 19.8 Å². The lowest BCUT2D eigenvalue weighted by Crippen LogP contribution is -2.44. The zero-order chi connectivity index (χ0) is 16.3. The molecule has 1 aromatic carbocycles. The number of piperidine rings is 1. The van der Waals surface area contributed by atoms with Gasteiger partial charge in [0.15, 0.2) is 5.96 Å². The minimum Gasteiger partial charge on any atom is -0.492 e. The van der Waals surface area contributed by atoms with E-state index in [0.29, 0.717) is 6.61 Å². The Morgan fingerprint density at radius 1 is 1.17 bits per heavy atom. The van der Waals surface area contributed by atoms with Gasteiger partial charge in [-0.1, -0.05) is 25.1 Å². The number of guanidine groups is 1. The molecule has 24 heavy (non-hydrogen) atoms. The first-order chi connectivity index (χ1) is 11.3. The maximum Gasteiger partial charge on any atom is 0.191 e. The third-order valence-corrected chi connectivity index (χ3v) is 4.23. The molecule has 2 N–H and O–H groups in total. The molecule has 1 aromatic rings. The van der Waals surface area contributed by atoms with E-state index >= 15 is 0 Å². The smallest absolute Gasteiger partial charge is 0.191 e. The van der Waals surface area contributed by atoms with Crippen molar-refractivity contribution in [3.63, 3.8) is 0 Å². The maximum atomic E-state index is 5.66. The molecule has 1 fully saturated rings. The Morgan fingerprint density at radius 2 is 1.83 bits per heavy atom. The summed E-state index contributed by atoms with van der Waals surface area (Å²) >= 11 is 0. The van der Waals surface area contributed by atoms with Crippen LogP contribution in [0.15, 0.2) is 35.3 Å². The van der Waals surface area contributed by atoms with Gasteiger partial charge in [0.25, 0.3) is 0 Å². The lowest BCUT2D eigenvalue weighted by atomic mass is 9.99. The van der Waals surface area contributed by atoms with Crippen LogP contribution < -0.4 is 15.4 Å². The monoisotopic (exact) mass is 446 g/mol. The fraction of sp³-hybridized carbons (Fsp3) is 0.611. The fourth-order valence-electron chi connectivity index (χ4n) is 2.69. The Morgan fingerprint density at radius 3 is 2.50 bits per heavy atom. The molecule has 1 saturated heterocycles. The molecular formula is C18H31IN4O. The molecule has 1 heterocycles. The minimum absolute atomic E-state index is 0. The zero-order valence-corrected chi connectivity index (χ0v) is 17.2. The quantitative estimate of drug-likeness (QED) is 0.293. The molecule has 0 amide bonds. The van der Waals surface area contributed by atoms with Gasteiger partial charge in [-0.25, -0.2) is 0 Å². The average molecular weight is 446 g/mol. The van der Waals surface area contributed by atoms with Crippen LogP contribution in [0, 0.1) is 5.92 Å². The van der Waals surface area contributed by atoms with Crippen LogP contribution in [-0.4, -0.2) is 57.2 Å². The number of rotatable bonds is 7. The van der Waals surface area contributed by atoms with Gasteiger partial charge < -0.3 is 20.3 Å². The van der Waals surface area contributed by atoms with Gasteiger partial charge in [-0.3, -0.25) is 4.99 Å². The van der Waals surface area contributed by atoms with Gasteiger partial charge >= 0.3 is 0 Å². The number of ether oxygens (including phenoxy) is 1. The third-order valence-electron chi connectivity index (χ3n) is 4.23. The maximum absolute atomic E-state index is 5.66. The van der Waals surface area contributed by atoms with E-state index in [0.717, 1.165) is 37.3 Å². The first-order valence-electron chi connectivity index (χ1n) is 8.62. The summed E-state index contributed by atoms with van der Waals surface area (Å²) in [5, 5.41) is 6.65. The molecule has 0 unspecified atom stereocenters. The van der Waals surface area contributed by atoms with E-state index in [-0.39, 0.29) is 24.0 Å². The van der Waals surface area contributed by atoms with Crippen LogP contribution >= 0.6 is 24.0 Å². The van der Waals surface area contributed by atoms with Crippen LogP contribution in [0.4, 0.5) is 0 Å². The van der Waals surface area contributed by atoms with Crippen molar-refractivity contribution in [2.45, 2.75) is 19.8 Å². The SMILES string of the molecule is CN=C(NCCOc1ccccc1)NCCN1CCC(C)CC1.I. The molecule has 0 saturated carbocycles. The summed E-state index contributed by atoms with van der Waals surface area (Å²) in [7, 11) is 1.80. The molecule has 136 valence electrons. The summed E-state index contributed by atoms with van der Waals surface area (Å²) in [4.78, 5) is 6.77. The number of aliphatic imine (C=N–C) groups is 1. The van der Waals surface area contributed by atoms with Gasteiger partial charge in [-0.15, -0.1) is 24.0 Å². The second-order valence-corrected chi connectivity index (χ2v) is 6.11. The van der Waals surface area contributed by atoms with Gasteiger partial charge in [0.05, 0.1) is 6.54 Å².